The van der Waals surface area contributed by atoms with Gasteiger partial charge in [0, 0.05) is 7.05 Å². The highest BCUT2D eigenvalue weighted by Gasteiger charge is 2.33. The molecule has 2 amide bonds. The third-order valence-electron chi connectivity index (χ3n) is 2.83. The van der Waals surface area contributed by atoms with Crippen molar-refractivity contribution in [3.8, 4) is 0 Å². The molecule has 0 aliphatic carbocycles. The van der Waals surface area contributed by atoms with Gasteiger partial charge in [-0.1, -0.05) is 0 Å². The van der Waals surface area contributed by atoms with Gasteiger partial charge >= 0.3 is 0 Å². The lowest BCUT2D eigenvalue weighted by atomic mass is 10.2. The molecule has 2 rings (SSSR count). The molecule has 1 N–H and O–H groups in total. The van der Waals surface area contributed by atoms with E-state index in [2.05, 4.69) is 5.32 Å². The summed E-state index contributed by atoms with van der Waals surface area (Å²) >= 11 is 0. The van der Waals surface area contributed by atoms with Crippen LogP contribution in [0.1, 0.15) is 12.8 Å². The molecule has 0 aromatic heterocycles. The van der Waals surface area contributed by atoms with Crippen molar-refractivity contribution >= 4 is 11.8 Å². The maximum Gasteiger partial charge on any atom is 0.243 e. The second-order valence-electron chi connectivity index (χ2n) is 3.88. The lowest BCUT2D eigenvalue weighted by molar-refractivity contribution is -0.151. The molecular formula is C9H15N3O2. The second kappa shape index (κ2) is 3.57. The molecule has 2 fully saturated rings. The average molecular weight is 197 g/mol. The van der Waals surface area contributed by atoms with Crippen molar-refractivity contribution in [1.82, 2.24) is 15.1 Å². The van der Waals surface area contributed by atoms with Crippen LogP contribution in [0.4, 0.5) is 0 Å². The number of likely N-dealkylation sites (N-methyl/N-ethyl adjacent to an activating group) is 1. The van der Waals surface area contributed by atoms with Crippen LogP contribution in [0.3, 0.4) is 0 Å². The number of piperazine rings is 1. The predicted molar refractivity (Wildman–Crippen MR) is 50.4 cm³/mol. The van der Waals surface area contributed by atoms with E-state index in [1.165, 1.54) is 4.90 Å². The molecule has 5 nitrogen and oxygen atoms in total. The molecule has 0 aromatic rings. The molecule has 1 unspecified atom stereocenters. The first kappa shape index (κ1) is 9.45. The van der Waals surface area contributed by atoms with Gasteiger partial charge in [-0.05, 0) is 19.4 Å². The second-order valence-corrected chi connectivity index (χ2v) is 3.88. The van der Waals surface area contributed by atoms with E-state index < -0.39 is 0 Å². The minimum Gasteiger partial charge on any atom is -0.335 e. The zero-order chi connectivity index (χ0) is 10.1. The Morgan fingerprint density at radius 3 is 2.71 bits per heavy atom. The number of amides is 2. The summed E-state index contributed by atoms with van der Waals surface area (Å²) in [6.45, 7) is 1.39. The van der Waals surface area contributed by atoms with E-state index in [-0.39, 0.29) is 31.1 Å². The number of carbonyl (C=O) groups excluding carboxylic acids is 2. The first-order chi connectivity index (χ1) is 6.68. The summed E-state index contributed by atoms with van der Waals surface area (Å²) in [5.41, 5.74) is 0. The molecule has 1 atom stereocenters. The number of hydrogen-bond acceptors (Lipinski definition) is 3. The summed E-state index contributed by atoms with van der Waals surface area (Å²) in [7, 11) is 1.67. The van der Waals surface area contributed by atoms with Crippen LogP contribution >= 0.6 is 0 Å². The van der Waals surface area contributed by atoms with Gasteiger partial charge in [0.05, 0.1) is 12.7 Å². The van der Waals surface area contributed by atoms with Gasteiger partial charge in [0.15, 0.2) is 0 Å². The lowest BCUT2D eigenvalue weighted by Crippen LogP contribution is -2.57. The van der Waals surface area contributed by atoms with Crippen LogP contribution in [-0.2, 0) is 9.59 Å². The van der Waals surface area contributed by atoms with Gasteiger partial charge < -0.3 is 9.80 Å². The third-order valence-corrected chi connectivity index (χ3v) is 2.83. The summed E-state index contributed by atoms with van der Waals surface area (Å²) in [6.07, 6.45) is 2.13. The topological polar surface area (TPSA) is 52.7 Å². The first-order valence-electron chi connectivity index (χ1n) is 4.95. The molecular weight excluding hydrogens is 182 g/mol. The van der Waals surface area contributed by atoms with Gasteiger partial charge in [-0.15, -0.1) is 0 Å². The van der Waals surface area contributed by atoms with Crippen LogP contribution < -0.4 is 5.32 Å². The lowest BCUT2D eigenvalue weighted by Gasteiger charge is -2.35. The summed E-state index contributed by atoms with van der Waals surface area (Å²) in [5.74, 6) is 0.0739. The molecule has 0 bridgehead atoms. The minimum absolute atomic E-state index is 0.0262. The normalized spacial score (nSPS) is 28.8. The van der Waals surface area contributed by atoms with Crippen molar-refractivity contribution in [2.45, 2.75) is 19.0 Å². The molecule has 0 saturated carbocycles. The Labute approximate surface area is 83.0 Å². The molecule has 2 aliphatic heterocycles. The quantitative estimate of drug-likeness (QED) is 0.586. The molecule has 2 aliphatic rings. The van der Waals surface area contributed by atoms with Crippen LogP contribution in [0.25, 0.3) is 0 Å². The van der Waals surface area contributed by atoms with E-state index >= 15 is 0 Å². The Bertz CT molecular complexity index is 261. The predicted octanol–water partition coefficient (Wildman–Crippen LogP) is -1.00. The van der Waals surface area contributed by atoms with Gasteiger partial charge in [-0.25, -0.2) is 0 Å². The van der Waals surface area contributed by atoms with Gasteiger partial charge in [-0.3, -0.25) is 14.9 Å². The Hall–Kier alpha value is -1.10. The molecule has 14 heavy (non-hydrogen) atoms. The van der Waals surface area contributed by atoms with Crippen molar-refractivity contribution in [2.75, 3.05) is 26.7 Å². The standard InChI is InChI=1S/C9H15N3O2/c1-11-5-9(14)12(6-8(11)13)7-3-2-4-10-7/h7,10H,2-6H2,1H3. The highest BCUT2D eigenvalue weighted by Crippen LogP contribution is 2.13. The molecule has 78 valence electrons. The fraction of sp³-hybridized carbons (Fsp3) is 0.778. The van der Waals surface area contributed by atoms with Crippen LogP contribution in [0.2, 0.25) is 0 Å². The highest BCUT2D eigenvalue weighted by molar-refractivity contribution is 5.92. The van der Waals surface area contributed by atoms with Crippen LogP contribution in [0.5, 0.6) is 0 Å². The molecule has 2 heterocycles. The largest absolute Gasteiger partial charge is 0.335 e. The summed E-state index contributed by atoms with van der Waals surface area (Å²) in [4.78, 5) is 26.2. The molecule has 0 radical (unpaired) electrons. The van der Waals surface area contributed by atoms with Crippen molar-refractivity contribution in [1.29, 1.82) is 0 Å². The van der Waals surface area contributed by atoms with Gasteiger partial charge in [0.25, 0.3) is 0 Å². The Balaban J connectivity index is 2.04. The summed E-state index contributed by atoms with van der Waals surface area (Å²) in [5, 5.41) is 3.23. The fourth-order valence-electron chi connectivity index (χ4n) is 1.95. The van der Waals surface area contributed by atoms with Crippen molar-refractivity contribution < 1.29 is 9.59 Å². The number of carbonyl (C=O) groups is 2. The van der Waals surface area contributed by atoms with Crippen molar-refractivity contribution in [3.05, 3.63) is 0 Å². The molecule has 5 heteroatoms. The summed E-state index contributed by atoms with van der Waals surface area (Å²) < 4.78 is 0. The SMILES string of the molecule is CN1CC(=O)N(C2CCCN2)CC1=O. The number of nitrogens with zero attached hydrogens (tertiary/aromatic N) is 2. The van der Waals surface area contributed by atoms with Crippen LogP contribution in [-0.4, -0.2) is 54.5 Å². The van der Waals surface area contributed by atoms with Crippen LogP contribution in [0, 0.1) is 0 Å². The van der Waals surface area contributed by atoms with E-state index in [1.807, 2.05) is 0 Å². The van der Waals surface area contributed by atoms with E-state index in [1.54, 1.807) is 11.9 Å². The zero-order valence-corrected chi connectivity index (χ0v) is 8.32. The van der Waals surface area contributed by atoms with E-state index in [4.69, 9.17) is 0 Å². The highest BCUT2D eigenvalue weighted by atomic mass is 16.2. The molecule has 0 spiro atoms. The van der Waals surface area contributed by atoms with Crippen molar-refractivity contribution in [2.24, 2.45) is 0 Å². The van der Waals surface area contributed by atoms with Gasteiger partial charge in [0.2, 0.25) is 11.8 Å². The zero-order valence-electron chi connectivity index (χ0n) is 8.32. The average Bonchev–Trinajstić information content (AvgIpc) is 2.64. The number of nitrogens with one attached hydrogen (secondary N) is 1. The van der Waals surface area contributed by atoms with E-state index in [0.29, 0.717) is 0 Å². The number of hydrogen-bond donors (Lipinski definition) is 1. The minimum atomic E-state index is 0.0262. The maximum absolute atomic E-state index is 11.6. The smallest absolute Gasteiger partial charge is 0.243 e. The molecule has 0 aromatic carbocycles. The van der Waals surface area contributed by atoms with Gasteiger partial charge in [-0.2, -0.15) is 0 Å². The Morgan fingerprint density at radius 1 is 1.29 bits per heavy atom. The maximum atomic E-state index is 11.6. The first-order valence-corrected chi connectivity index (χ1v) is 4.95. The fourth-order valence-corrected chi connectivity index (χ4v) is 1.95. The number of rotatable bonds is 1. The van der Waals surface area contributed by atoms with Crippen molar-refractivity contribution in [3.63, 3.8) is 0 Å². The Kier molecular flexibility index (Phi) is 2.41. The van der Waals surface area contributed by atoms with E-state index in [0.717, 1.165) is 19.4 Å². The summed E-state index contributed by atoms with van der Waals surface area (Å²) in [6, 6.07) is 0. The van der Waals surface area contributed by atoms with Gasteiger partial charge in [0.1, 0.15) is 6.54 Å². The van der Waals surface area contributed by atoms with E-state index in [9.17, 15) is 9.59 Å². The Morgan fingerprint density at radius 2 is 2.07 bits per heavy atom. The van der Waals surface area contributed by atoms with Crippen LogP contribution in [0.15, 0.2) is 0 Å². The third kappa shape index (κ3) is 1.59. The monoisotopic (exact) mass is 197 g/mol. The molecule has 2 saturated heterocycles.